The van der Waals surface area contributed by atoms with Gasteiger partial charge in [-0.3, -0.25) is 24.2 Å². The molecular weight excluding hydrogens is 446 g/mol. The lowest BCUT2D eigenvalue weighted by atomic mass is 10.0. The molecule has 0 saturated carbocycles. The van der Waals surface area contributed by atoms with Crippen molar-refractivity contribution < 1.29 is 14.4 Å². The zero-order chi connectivity index (χ0) is 24.0. The van der Waals surface area contributed by atoms with Crippen molar-refractivity contribution in [2.45, 2.75) is 25.6 Å². The van der Waals surface area contributed by atoms with E-state index >= 15 is 0 Å². The van der Waals surface area contributed by atoms with Crippen LogP contribution in [0.25, 0.3) is 0 Å². The van der Waals surface area contributed by atoms with Crippen LogP contribution in [0.2, 0.25) is 0 Å². The van der Waals surface area contributed by atoms with Gasteiger partial charge in [0, 0.05) is 16.9 Å². The Morgan fingerprint density at radius 1 is 0.971 bits per heavy atom. The van der Waals surface area contributed by atoms with E-state index in [0.717, 1.165) is 22.3 Å². The second kappa shape index (κ2) is 8.33. The third-order valence-electron chi connectivity index (χ3n) is 6.45. The number of carbonyl (C=O) groups is 3. The lowest BCUT2D eigenvalue weighted by Crippen LogP contribution is -2.50. The van der Waals surface area contributed by atoms with Gasteiger partial charge in [-0.25, -0.2) is 0 Å². The molecule has 2 aliphatic rings. The van der Waals surface area contributed by atoms with Crippen molar-refractivity contribution in [1.29, 1.82) is 0 Å². The zero-order valence-electron chi connectivity index (χ0n) is 19.3. The van der Waals surface area contributed by atoms with E-state index in [0.29, 0.717) is 17.1 Å². The van der Waals surface area contributed by atoms with Crippen LogP contribution in [-0.4, -0.2) is 30.0 Å². The fourth-order valence-electron chi connectivity index (χ4n) is 4.57. The Balaban J connectivity index is 1.50. The number of anilines is 3. The molecular formula is C27H25N3O3S. The number of amides is 3. The van der Waals surface area contributed by atoms with Gasteiger partial charge in [0.25, 0.3) is 5.91 Å². The van der Waals surface area contributed by atoms with Gasteiger partial charge in [-0.2, -0.15) is 0 Å². The number of nitrogens with one attached hydrogen (secondary N) is 1. The van der Waals surface area contributed by atoms with E-state index < -0.39 is 4.87 Å². The van der Waals surface area contributed by atoms with E-state index in [1.165, 1.54) is 16.7 Å². The Morgan fingerprint density at radius 3 is 2.44 bits per heavy atom. The highest BCUT2D eigenvalue weighted by molar-refractivity contribution is 8.02. The molecule has 2 heterocycles. The van der Waals surface area contributed by atoms with Gasteiger partial charge >= 0.3 is 0 Å². The zero-order valence-corrected chi connectivity index (χ0v) is 20.1. The molecule has 34 heavy (non-hydrogen) atoms. The fourth-order valence-corrected chi connectivity index (χ4v) is 5.93. The maximum absolute atomic E-state index is 14.0. The third kappa shape index (κ3) is 3.47. The summed E-state index contributed by atoms with van der Waals surface area (Å²) in [5.41, 5.74) is 6.04. The van der Waals surface area contributed by atoms with Crippen LogP contribution in [0.1, 0.15) is 22.3 Å². The summed E-state index contributed by atoms with van der Waals surface area (Å²) < 4.78 is 0. The van der Waals surface area contributed by atoms with Crippen LogP contribution in [0.15, 0.2) is 66.7 Å². The minimum Gasteiger partial charge on any atom is -0.325 e. The topological polar surface area (TPSA) is 69.7 Å². The van der Waals surface area contributed by atoms with E-state index in [1.54, 1.807) is 4.90 Å². The predicted molar refractivity (Wildman–Crippen MR) is 136 cm³/mol. The standard InChI is InChI=1S/C27H25N3O3S/c1-17-8-12-21(13-9-17)30-25(32)16-34-27(30)22-6-4-5-7-23(22)29(26(27)33)15-24(31)28-20-11-10-18(2)19(3)14-20/h4-14H,15-16H2,1-3H3,(H,28,31)/t27-/m1/s1. The van der Waals surface area contributed by atoms with E-state index in [-0.39, 0.29) is 30.0 Å². The van der Waals surface area contributed by atoms with Crippen LogP contribution in [0.4, 0.5) is 17.1 Å². The quantitative estimate of drug-likeness (QED) is 0.607. The summed E-state index contributed by atoms with van der Waals surface area (Å²) in [6, 6.07) is 20.7. The maximum Gasteiger partial charge on any atom is 0.269 e. The number of benzene rings is 3. The molecule has 0 aromatic heterocycles. The first-order valence-corrected chi connectivity index (χ1v) is 12.1. The summed E-state index contributed by atoms with van der Waals surface area (Å²) in [5, 5.41) is 2.90. The Morgan fingerprint density at radius 2 is 1.71 bits per heavy atom. The normalized spacial score (nSPS) is 19.1. The smallest absolute Gasteiger partial charge is 0.269 e. The molecule has 6 nitrogen and oxygen atoms in total. The van der Waals surface area contributed by atoms with Gasteiger partial charge in [0.15, 0.2) is 0 Å². The van der Waals surface area contributed by atoms with E-state index in [9.17, 15) is 14.4 Å². The number of thioether (sulfide) groups is 1. The summed E-state index contributed by atoms with van der Waals surface area (Å²) in [5.74, 6) is -0.505. The number of nitrogens with zero attached hydrogens (tertiary/aromatic N) is 2. The number of aryl methyl sites for hydroxylation is 3. The molecule has 0 unspecified atom stereocenters. The SMILES string of the molecule is Cc1ccc(N2C(=O)CS[C@]23C(=O)N(CC(=O)Nc2ccc(C)c(C)c2)c2ccccc23)cc1. The van der Waals surface area contributed by atoms with Gasteiger partial charge < -0.3 is 5.32 Å². The molecule has 0 aliphatic carbocycles. The summed E-state index contributed by atoms with van der Waals surface area (Å²) in [7, 11) is 0. The summed E-state index contributed by atoms with van der Waals surface area (Å²) >= 11 is 1.31. The van der Waals surface area contributed by atoms with Gasteiger partial charge in [0.05, 0.1) is 11.4 Å². The fraction of sp³-hybridized carbons (Fsp3) is 0.222. The molecule has 2 aliphatic heterocycles. The van der Waals surface area contributed by atoms with Crippen molar-refractivity contribution in [1.82, 2.24) is 0 Å². The maximum atomic E-state index is 14.0. The highest BCUT2D eigenvalue weighted by Gasteiger charge is 2.61. The van der Waals surface area contributed by atoms with Crippen LogP contribution in [0.3, 0.4) is 0 Å². The molecule has 1 atom stereocenters. The second-order valence-corrected chi connectivity index (χ2v) is 9.92. The predicted octanol–water partition coefficient (Wildman–Crippen LogP) is 4.53. The van der Waals surface area contributed by atoms with Gasteiger partial charge in [-0.05, 0) is 62.2 Å². The summed E-state index contributed by atoms with van der Waals surface area (Å²) in [6.45, 7) is 5.84. The molecule has 1 saturated heterocycles. The lowest BCUT2D eigenvalue weighted by Gasteiger charge is -2.33. The van der Waals surface area contributed by atoms with Crippen LogP contribution < -0.4 is 15.1 Å². The van der Waals surface area contributed by atoms with Crippen molar-refractivity contribution in [3.05, 3.63) is 89.0 Å². The Kier molecular flexibility index (Phi) is 5.44. The van der Waals surface area contributed by atoms with Gasteiger partial charge in [-0.1, -0.05) is 42.0 Å². The van der Waals surface area contributed by atoms with Gasteiger partial charge in [0.1, 0.15) is 6.54 Å². The third-order valence-corrected chi connectivity index (χ3v) is 7.83. The van der Waals surface area contributed by atoms with Crippen molar-refractivity contribution in [2.24, 2.45) is 0 Å². The summed E-state index contributed by atoms with van der Waals surface area (Å²) in [6.07, 6.45) is 0. The minimum absolute atomic E-state index is 0.126. The number of carbonyl (C=O) groups excluding carboxylic acids is 3. The molecule has 3 aromatic carbocycles. The molecule has 172 valence electrons. The lowest BCUT2D eigenvalue weighted by molar-refractivity contribution is -0.124. The van der Waals surface area contributed by atoms with Crippen LogP contribution in [0.5, 0.6) is 0 Å². The second-order valence-electron chi connectivity index (χ2n) is 8.75. The average Bonchev–Trinajstić information content (AvgIpc) is 3.28. The molecule has 5 rings (SSSR count). The number of hydrogen-bond acceptors (Lipinski definition) is 4. The van der Waals surface area contributed by atoms with E-state index in [2.05, 4.69) is 5.32 Å². The molecule has 0 radical (unpaired) electrons. The van der Waals surface area contributed by atoms with Crippen molar-refractivity contribution in [3.63, 3.8) is 0 Å². The molecule has 1 spiro atoms. The van der Waals surface area contributed by atoms with Crippen molar-refractivity contribution >= 4 is 46.5 Å². The first-order chi connectivity index (χ1) is 16.3. The molecule has 0 bridgehead atoms. The first-order valence-electron chi connectivity index (χ1n) is 11.1. The minimum atomic E-state index is -1.22. The highest BCUT2D eigenvalue weighted by atomic mass is 32.2. The molecule has 7 heteroatoms. The Hall–Kier alpha value is -3.58. The van der Waals surface area contributed by atoms with E-state index in [4.69, 9.17) is 0 Å². The average molecular weight is 472 g/mol. The highest BCUT2D eigenvalue weighted by Crippen LogP contribution is 2.55. The summed E-state index contributed by atoms with van der Waals surface area (Å²) in [4.78, 5) is 41.9. The van der Waals surface area contributed by atoms with Crippen LogP contribution in [-0.2, 0) is 19.3 Å². The van der Waals surface area contributed by atoms with Gasteiger partial charge in [-0.15, -0.1) is 11.8 Å². The molecule has 1 fully saturated rings. The Labute approximate surface area is 202 Å². The number of hydrogen-bond donors (Lipinski definition) is 1. The Bertz CT molecular complexity index is 1320. The first kappa shape index (κ1) is 22.2. The molecule has 3 amide bonds. The van der Waals surface area contributed by atoms with Crippen molar-refractivity contribution in [3.8, 4) is 0 Å². The largest absolute Gasteiger partial charge is 0.325 e. The number of fused-ring (bicyclic) bond motifs is 2. The molecule has 1 N–H and O–H groups in total. The number of para-hydroxylation sites is 1. The van der Waals surface area contributed by atoms with Gasteiger partial charge in [0.2, 0.25) is 16.7 Å². The molecule has 3 aromatic rings. The monoisotopic (exact) mass is 471 g/mol. The number of rotatable bonds is 4. The van der Waals surface area contributed by atoms with E-state index in [1.807, 2.05) is 87.5 Å². The van der Waals surface area contributed by atoms with Crippen LogP contribution >= 0.6 is 11.8 Å². The van der Waals surface area contributed by atoms with Crippen molar-refractivity contribution in [2.75, 3.05) is 27.4 Å². The van der Waals surface area contributed by atoms with Crippen LogP contribution in [0, 0.1) is 20.8 Å².